The molecular weight excluding hydrogens is 214 g/mol. The summed E-state index contributed by atoms with van der Waals surface area (Å²) in [5.41, 5.74) is 4.82. The minimum Gasteiger partial charge on any atom is -0.480 e. The summed E-state index contributed by atoms with van der Waals surface area (Å²) >= 11 is 0. The largest absolute Gasteiger partial charge is 0.480 e. The summed E-state index contributed by atoms with van der Waals surface area (Å²) in [4.78, 5) is 32.4. The summed E-state index contributed by atoms with van der Waals surface area (Å²) in [6.07, 6.45) is 0.618. The van der Waals surface area contributed by atoms with Crippen LogP contribution in [0.15, 0.2) is 0 Å². The fourth-order valence-electron chi connectivity index (χ4n) is 1.04. The first-order valence-electron chi connectivity index (χ1n) is 4.94. The van der Waals surface area contributed by atoms with Crippen molar-refractivity contribution in [1.82, 2.24) is 10.6 Å². The van der Waals surface area contributed by atoms with Crippen molar-refractivity contribution in [1.29, 1.82) is 0 Å². The second-order valence-electron chi connectivity index (χ2n) is 3.49. The summed E-state index contributed by atoms with van der Waals surface area (Å²) in [7, 11) is 0. The quantitative estimate of drug-likeness (QED) is 0.481. The lowest BCUT2D eigenvalue weighted by Gasteiger charge is -2.20. The van der Waals surface area contributed by atoms with Crippen molar-refractivity contribution in [2.24, 2.45) is 11.7 Å². The molecule has 16 heavy (non-hydrogen) atoms. The number of carboxylic acid groups (broad SMARTS) is 1. The van der Waals surface area contributed by atoms with E-state index in [1.54, 1.807) is 6.92 Å². The van der Waals surface area contributed by atoms with Gasteiger partial charge in [0.2, 0.25) is 5.91 Å². The number of aliphatic carboxylic acids is 1. The fraction of sp³-hybridized carbons (Fsp3) is 0.667. The van der Waals surface area contributed by atoms with Gasteiger partial charge in [-0.1, -0.05) is 20.3 Å². The van der Waals surface area contributed by atoms with E-state index in [-0.39, 0.29) is 12.5 Å². The maximum Gasteiger partial charge on any atom is 0.326 e. The fourth-order valence-corrected chi connectivity index (χ4v) is 1.04. The van der Waals surface area contributed by atoms with Gasteiger partial charge < -0.3 is 21.5 Å². The Bertz CT molecular complexity index is 280. The number of rotatable bonds is 6. The first-order valence-corrected chi connectivity index (χ1v) is 4.94. The van der Waals surface area contributed by atoms with Gasteiger partial charge in [-0.15, -0.1) is 0 Å². The third-order valence-electron chi connectivity index (χ3n) is 2.19. The summed E-state index contributed by atoms with van der Waals surface area (Å²) in [5.74, 6) is -1.99. The van der Waals surface area contributed by atoms with E-state index in [2.05, 4.69) is 10.6 Å². The Balaban J connectivity index is 4.24. The van der Waals surface area contributed by atoms with Gasteiger partial charge in [-0.05, 0) is 5.92 Å². The van der Waals surface area contributed by atoms with Gasteiger partial charge >= 0.3 is 12.0 Å². The lowest BCUT2D eigenvalue weighted by molar-refractivity contribution is -0.140. The number of nitrogens with one attached hydrogen (secondary N) is 2. The van der Waals surface area contributed by atoms with Crippen molar-refractivity contribution >= 4 is 17.9 Å². The molecule has 0 heterocycles. The predicted molar refractivity (Wildman–Crippen MR) is 56.6 cm³/mol. The third kappa shape index (κ3) is 5.18. The smallest absolute Gasteiger partial charge is 0.326 e. The molecule has 0 spiro atoms. The van der Waals surface area contributed by atoms with E-state index in [4.69, 9.17) is 10.8 Å². The highest BCUT2D eigenvalue weighted by Gasteiger charge is 2.25. The van der Waals surface area contributed by atoms with Crippen LogP contribution in [-0.4, -0.2) is 35.6 Å². The highest BCUT2D eigenvalue weighted by molar-refractivity contribution is 5.86. The Morgan fingerprint density at radius 2 is 1.94 bits per heavy atom. The molecule has 0 aliphatic rings. The molecule has 0 aliphatic carbocycles. The van der Waals surface area contributed by atoms with Gasteiger partial charge in [0.15, 0.2) is 0 Å². The van der Waals surface area contributed by atoms with Gasteiger partial charge in [-0.25, -0.2) is 9.59 Å². The third-order valence-corrected chi connectivity index (χ3v) is 2.19. The number of hydrogen-bond donors (Lipinski definition) is 4. The van der Waals surface area contributed by atoms with Gasteiger partial charge in [0.1, 0.15) is 6.04 Å². The summed E-state index contributed by atoms with van der Waals surface area (Å²) in [5, 5.41) is 13.3. The van der Waals surface area contributed by atoms with Crippen molar-refractivity contribution in [3.63, 3.8) is 0 Å². The van der Waals surface area contributed by atoms with Crippen LogP contribution in [0.4, 0.5) is 4.79 Å². The predicted octanol–water partition coefficient (Wildman–Crippen LogP) is -0.730. The molecule has 0 aromatic rings. The number of carbonyl (C=O) groups is 3. The SMILES string of the molecule is CC[C@H](C)[C@H](NC(=O)NCC(N)=O)C(=O)O. The maximum atomic E-state index is 11.2. The van der Waals surface area contributed by atoms with Gasteiger partial charge in [0.25, 0.3) is 0 Å². The molecular formula is C9H17N3O4. The van der Waals surface area contributed by atoms with E-state index >= 15 is 0 Å². The molecule has 0 aromatic heterocycles. The van der Waals surface area contributed by atoms with Gasteiger partial charge in [0, 0.05) is 0 Å². The van der Waals surface area contributed by atoms with Crippen LogP contribution in [0.25, 0.3) is 0 Å². The molecule has 5 N–H and O–H groups in total. The zero-order valence-corrected chi connectivity index (χ0v) is 9.32. The zero-order valence-electron chi connectivity index (χ0n) is 9.32. The number of urea groups is 1. The average Bonchev–Trinajstić information content (AvgIpc) is 2.21. The number of amides is 3. The zero-order chi connectivity index (χ0) is 12.7. The van der Waals surface area contributed by atoms with E-state index in [0.29, 0.717) is 6.42 Å². The lowest BCUT2D eigenvalue weighted by atomic mass is 9.99. The monoisotopic (exact) mass is 231 g/mol. The van der Waals surface area contributed by atoms with Crippen LogP contribution in [0.3, 0.4) is 0 Å². The van der Waals surface area contributed by atoms with E-state index in [1.807, 2.05) is 6.92 Å². The topological polar surface area (TPSA) is 122 Å². The molecule has 3 amide bonds. The van der Waals surface area contributed by atoms with Crippen LogP contribution in [-0.2, 0) is 9.59 Å². The molecule has 92 valence electrons. The highest BCUT2D eigenvalue weighted by Crippen LogP contribution is 2.07. The van der Waals surface area contributed by atoms with Crippen LogP contribution < -0.4 is 16.4 Å². The lowest BCUT2D eigenvalue weighted by Crippen LogP contribution is -2.50. The molecule has 0 unspecified atom stereocenters. The molecule has 0 saturated heterocycles. The molecule has 0 rings (SSSR count). The van der Waals surface area contributed by atoms with Crippen molar-refractivity contribution in [2.45, 2.75) is 26.3 Å². The van der Waals surface area contributed by atoms with Gasteiger partial charge in [-0.3, -0.25) is 4.79 Å². The number of nitrogens with two attached hydrogens (primary N) is 1. The highest BCUT2D eigenvalue weighted by atomic mass is 16.4. The molecule has 7 heteroatoms. The Morgan fingerprint density at radius 1 is 1.38 bits per heavy atom. The van der Waals surface area contributed by atoms with Crippen molar-refractivity contribution < 1.29 is 19.5 Å². The molecule has 0 radical (unpaired) electrons. The van der Waals surface area contributed by atoms with Crippen molar-refractivity contribution in [3.05, 3.63) is 0 Å². The molecule has 7 nitrogen and oxygen atoms in total. The normalized spacial score (nSPS) is 13.6. The average molecular weight is 231 g/mol. The molecule has 0 fully saturated rings. The standard InChI is InChI=1S/C9H17N3O4/c1-3-5(2)7(8(14)15)12-9(16)11-4-6(10)13/h5,7H,3-4H2,1-2H3,(H2,10,13)(H,14,15)(H2,11,12,16)/t5-,7-/m0/s1. The number of carbonyl (C=O) groups excluding carboxylic acids is 2. The Kier molecular flexibility index (Phi) is 5.91. The minimum absolute atomic E-state index is 0.197. The summed E-state index contributed by atoms with van der Waals surface area (Å²) in [6.45, 7) is 3.22. The minimum atomic E-state index is -1.11. The number of primary amides is 1. The first-order chi connectivity index (χ1) is 7.38. The first kappa shape index (κ1) is 14.2. The Hall–Kier alpha value is -1.79. The van der Waals surface area contributed by atoms with Gasteiger partial charge in [-0.2, -0.15) is 0 Å². The van der Waals surface area contributed by atoms with Crippen LogP contribution in [0.5, 0.6) is 0 Å². The van der Waals surface area contributed by atoms with Crippen LogP contribution >= 0.6 is 0 Å². The second kappa shape index (κ2) is 6.65. The Morgan fingerprint density at radius 3 is 2.31 bits per heavy atom. The van der Waals surface area contributed by atoms with Gasteiger partial charge in [0.05, 0.1) is 6.54 Å². The number of hydrogen-bond acceptors (Lipinski definition) is 3. The van der Waals surface area contributed by atoms with Crippen LogP contribution in [0, 0.1) is 5.92 Å². The second-order valence-corrected chi connectivity index (χ2v) is 3.49. The van der Waals surface area contributed by atoms with E-state index < -0.39 is 23.9 Å². The van der Waals surface area contributed by atoms with Crippen LogP contribution in [0.2, 0.25) is 0 Å². The molecule has 0 aliphatic heterocycles. The Labute approximate surface area is 93.4 Å². The molecule has 0 aromatic carbocycles. The molecule has 2 atom stereocenters. The summed E-state index contributed by atoms with van der Waals surface area (Å²) in [6, 6.07) is -1.69. The maximum absolute atomic E-state index is 11.2. The summed E-state index contributed by atoms with van der Waals surface area (Å²) < 4.78 is 0. The molecule has 0 bridgehead atoms. The number of carboxylic acids is 1. The van der Waals surface area contributed by atoms with E-state index in [9.17, 15) is 14.4 Å². The van der Waals surface area contributed by atoms with E-state index in [0.717, 1.165) is 0 Å². The van der Waals surface area contributed by atoms with Crippen molar-refractivity contribution in [3.8, 4) is 0 Å². The van der Waals surface area contributed by atoms with E-state index in [1.165, 1.54) is 0 Å². The van der Waals surface area contributed by atoms with Crippen molar-refractivity contribution in [2.75, 3.05) is 6.54 Å². The molecule has 0 saturated carbocycles. The van der Waals surface area contributed by atoms with Crippen LogP contribution in [0.1, 0.15) is 20.3 Å².